The molecule has 0 heterocycles. The highest BCUT2D eigenvalue weighted by atomic mass is 16.4. The van der Waals surface area contributed by atoms with Crippen molar-refractivity contribution in [2.24, 2.45) is 5.92 Å². The summed E-state index contributed by atoms with van der Waals surface area (Å²) in [5.74, 6) is -0.645. The standard InChI is InChI=1S/C16H24N2O3/c1-12-4-3-5-14(10-12)8-9-17-16(21)18-11-13(2)6-7-15(19)20/h3-5,10,13H,6-9,11H2,1-2H3,(H,19,20)(H2,17,18,21). The monoisotopic (exact) mass is 292 g/mol. The largest absolute Gasteiger partial charge is 0.481 e. The molecule has 0 aliphatic rings. The summed E-state index contributed by atoms with van der Waals surface area (Å²) in [6, 6.07) is 8.00. The smallest absolute Gasteiger partial charge is 0.314 e. The number of aryl methyl sites for hydroxylation is 1. The van der Waals surface area contributed by atoms with E-state index >= 15 is 0 Å². The van der Waals surface area contributed by atoms with E-state index in [9.17, 15) is 9.59 Å². The Kier molecular flexibility index (Phi) is 7.29. The fourth-order valence-corrected chi connectivity index (χ4v) is 1.99. The van der Waals surface area contributed by atoms with Crippen molar-refractivity contribution in [1.29, 1.82) is 0 Å². The van der Waals surface area contributed by atoms with Crippen LogP contribution in [0.1, 0.15) is 30.9 Å². The first-order valence-electron chi connectivity index (χ1n) is 7.26. The molecule has 21 heavy (non-hydrogen) atoms. The molecule has 0 aromatic heterocycles. The van der Waals surface area contributed by atoms with Crippen molar-refractivity contribution in [3.8, 4) is 0 Å². The average Bonchev–Trinajstić information content (AvgIpc) is 2.43. The molecule has 3 N–H and O–H groups in total. The Morgan fingerprint density at radius 3 is 2.71 bits per heavy atom. The van der Waals surface area contributed by atoms with Gasteiger partial charge in [-0.15, -0.1) is 0 Å². The number of amides is 2. The lowest BCUT2D eigenvalue weighted by atomic mass is 10.1. The predicted molar refractivity (Wildman–Crippen MR) is 82.3 cm³/mol. The summed E-state index contributed by atoms with van der Waals surface area (Å²) in [6.07, 6.45) is 1.50. The van der Waals surface area contributed by atoms with Gasteiger partial charge in [0.15, 0.2) is 0 Å². The molecule has 5 heteroatoms. The third-order valence-corrected chi connectivity index (χ3v) is 3.24. The zero-order valence-electron chi connectivity index (χ0n) is 12.7. The van der Waals surface area contributed by atoms with Crippen LogP contribution in [0.3, 0.4) is 0 Å². The molecule has 0 spiro atoms. The van der Waals surface area contributed by atoms with Gasteiger partial charge in [-0.3, -0.25) is 4.79 Å². The zero-order valence-corrected chi connectivity index (χ0v) is 12.7. The molecule has 2 amide bonds. The number of hydrogen-bond donors (Lipinski definition) is 3. The van der Waals surface area contributed by atoms with Gasteiger partial charge in [0.25, 0.3) is 0 Å². The van der Waals surface area contributed by atoms with Gasteiger partial charge in [0.2, 0.25) is 0 Å². The normalized spacial score (nSPS) is 11.7. The number of carbonyl (C=O) groups is 2. The third-order valence-electron chi connectivity index (χ3n) is 3.24. The lowest BCUT2D eigenvalue weighted by Crippen LogP contribution is -2.38. The second-order valence-electron chi connectivity index (χ2n) is 5.41. The summed E-state index contributed by atoms with van der Waals surface area (Å²) in [6.45, 7) is 5.04. The van der Waals surface area contributed by atoms with Crippen molar-refractivity contribution in [1.82, 2.24) is 10.6 Å². The Bertz CT molecular complexity index is 474. The number of hydrogen-bond acceptors (Lipinski definition) is 2. The summed E-state index contributed by atoms with van der Waals surface area (Å²) in [4.78, 5) is 22.0. The molecule has 1 aromatic rings. The molecule has 1 unspecified atom stereocenters. The second kappa shape index (κ2) is 9.00. The number of benzene rings is 1. The van der Waals surface area contributed by atoms with E-state index in [4.69, 9.17) is 5.11 Å². The molecule has 5 nitrogen and oxygen atoms in total. The second-order valence-corrected chi connectivity index (χ2v) is 5.41. The highest BCUT2D eigenvalue weighted by Gasteiger charge is 2.07. The van der Waals surface area contributed by atoms with Crippen LogP contribution in [-0.2, 0) is 11.2 Å². The molecule has 0 radical (unpaired) electrons. The number of carbonyl (C=O) groups excluding carboxylic acids is 1. The molecule has 1 atom stereocenters. The van der Waals surface area contributed by atoms with Crippen molar-refractivity contribution >= 4 is 12.0 Å². The Labute approximate surface area is 125 Å². The Morgan fingerprint density at radius 2 is 2.05 bits per heavy atom. The minimum atomic E-state index is -0.801. The summed E-state index contributed by atoms with van der Waals surface area (Å²) < 4.78 is 0. The number of carboxylic acids is 1. The molecular weight excluding hydrogens is 268 g/mol. The van der Waals surface area contributed by atoms with E-state index in [0.29, 0.717) is 19.5 Å². The third kappa shape index (κ3) is 7.97. The molecule has 0 saturated heterocycles. The minimum absolute atomic E-state index is 0.137. The van der Waals surface area contributed by atoms with E-state index in [1.807, 2.05) is 32.0 Å². The quantitative estimate of drug-likeness (QED) is 0.688. The van der Waals surface area contributed by atoms with Gasteiger partial charge in [0.05, 0.1) is 0 Å². The lowest BCUT2D eigenvalue weighted by molar-refractivity contribution is -0.137. The van der Waals surface area contributed by atoms with Gasteiger partial charge >= 0.3 is 12.0 Å². The van der Waals surface area contributed by atoms with E-state index in [1.54, 1.807) is 0 Å². The number of urea groups is 1. The highest BCUT2D eigenvalue weighted by Crippen LogP contribution is 2.04. The van der Waals surface area contributed by atoms with Crippen molar-refractivity contribution in [3.63, 3.8) is 0 Å². The average molecular weight is 292 g/mol. The number of rotatable bonds is 8. The Hall–Kier alpha value is -2.04. The van der Waals surface area contributed by atoms with Crippen LogP contribution in [0, 0.1) is 12.8 Å². The molecule has 0 saturated carbocycles. The SMILES string of the molecule is Cc1cccc(CCNC(=O)NCC(C)CCC(=O)O)c1. The zero-order chi connectivity index (χ0) is 15.7. The Morgan fingerprint density at radius 1 is 1.29 bits per heavy atom. The van der Waals surface area contributed by atoms with Crippen LogP contribution in [-0.4, -0.2) is 30.2 Å². The van der Waals surface area contributed by atoms with Gasteiger partial charge in [0, 0.05) is 19.5 Å². The molecular formula is C16H24N2O3. The number of carboxylic acid groups (broad SMARTS) is 1. The van der Waals surface area contributed by atoms with Gasteiger partial charge in [-0.1, -0.05) is 36.8 Å². The van der Waals surface area contributed by atoms with Crippen LogP contribution < -0.4 is 10.6 Å². The van der Waals surface area contributed by atoms with Gasteiger partial charge < -0.3 is 15.7 Å². The van der Waals surface area contributed by atoms with Gasteiger partial charge in [-0.2, -0.15) is 0 Å². The fourth-order valence-electron chi connectivity index (χ4n) is 1.99. The van der Waals surface area contributed by atoms with Crippen molar-refractivity contribution in [3.05, 3.63) is 35.4 Å². The molecule has 0 fully saturated rings. The summed E-state index contributed by atoms with van der Waals surface area (Å²) in [7, 11) is 0. The number of aliphatic carboxylic acids is 1. The van der Waals surface area contributed by atoms with E-state index < -0.39 is 5.97 Å². The maximum atomic E-state index is 11.6. The number of nitrogens with one attached hydrogen (secondary N) is 2. The Balaban J connectivity index is 2.15. The van der Waals surface area contributed by atoms with Crippen LogP contribution in [0.4, 0.5) is 4.79 Å². The lowest BCUT2D eigenvalue weighted by Gasteiger charge is -2.12. The van der Waals surface area contributed by atoms with Crippen LogP contribution in [0.5, 0.6) is 0 Å². The molecule has 1 aromatic carbocycles. The molecule has 0 bridgehead atoms. The van der Waals surface area contributed by atoms with Crippen molar-refractivity contribution in [2.45, 2.75) is 33.1 Å². The van der Waals surface area contributed by atoms with Crippen LogP contribution >= 0.6 is 0 Å². The van der Waals surface area contributed by atoms with Crippen LogP contribution in [0.25, 0.3) is 0 Å². The summed E-state index contributed by atoms with van der Waals surface area (Å²) in [5, 5.41) is 14.1. The molecule has 0 aliphatic carbocycles. The maximum absolute atomic E-state index is 11.6. The first-order chi connectivity index (χ1) is 9.97. The highest BCUT2D eigenvalue weighted by molar-refractivity contribution is 5.73. The van der Waals surface area contributed by atoms with E-state index in [0.717, 1.165) is 6.42 Å². The predicted octanol–water partition coefficient (Wildman–Crippen LogP) is 2.34. The van der Waals surface area contributed by atoms with Gasteiger partial charge in [-0.05, 0) is 31.2 Å². The van der Waals surface area contributed by atoms with E-state index in [-0.39, 0.29) is 18.4 Å². The summed E-state index contributed by atoms with van der Waals surface area (Å²) in [5.41, 5.74) is 2.41. The van der Waals surface area contributed by atoms with E-state index in [2.05, 4.69) is 16.7 Å². The van der Waals surface area contributed by atoms with Crippen molar-refractivity contribution in [2.75, 3.05) is 13.1 Å². The molecule has 0 aliphatic heterocycles. The minimum Gasteiger partial charge on any atom is -0.481 e. The first-order valence-corrected chi connectivity index (χ1v) is 7.26. The van der Waals surface area contributed by atoms with Crippen LogP contribution in [0.15, 0.2) is 24.3 Å². The van der Waals surface area contributed by atoms with Gasteiger partial charge in [0.1, 0.15) is 0 Å². The first kappa shape index (κ1) is 17.0. The molecule has 116 valence electrons. The summed E-state index contributed by atoms with van der Waals surface area (Å²) >= 11 is 0. The topological polar surface area (TPSA) is 78.4 Å². The van der Waals surface area contributed by atoms with Crippen molar-refractivity contribution < 1.29 is 14.7 Å². The van der Waals surface area contributed by atoms with E-state index in [1.165, 1.54) is 11.1 Å². The molecule has 1 rings (SSSR count). The maximum Gasteiger partial charge on any atom is 0.314 e. The fraction of sp³-hybridized carbons (Fsp3) is 0.500. The van der Waals surface area contributed by atoms with Crippen LogP contribution in [0.2, 0.25) is 0 Å². The van der Waals surface area contributed by atoms with Gasteiger partial charge in [-0.25, -0.2) is 4.79 Å².